The Labute approximate surface area is 128 Å². The Morgan fingerprint density at radius 3 is 2.47 bits per heavy atom. The number of halogens is 1. The number of thiophene rings is 1. The summed E-state index contributed by atoms with van der Waals surface area (Å²) in [4.78, 5) is 2.79. The van der Waals surface area contributed by atoms with Crippen molar-refractivity contribution in [2.45, 2.75) is 33.7 Å². The Morgan fingerprint density at radius 1 is 1.21 bits per heavy atom. The molecule has 0 spiro atoms. The molecule has 0 fully saturated rings. The fraction of sp³-hybridized carbons (Fsp3) is 0.375. The molecule has 1 N–H and O–H groups in total. The van der Waals surface area contributed by atoms with E-state index in [1.54, 1.807) is 0 Å². The summed E-state index contributed by atoms with van der Waals surface area (Å²) in [6.45, 7) is 9.61. The zero-order valence-corrected chi connectivity index (χ0v) is 14.3. The van der Waals surface area contributed by atoms with Crippen LogP contribution < -0.4 is 5.32 Å². The van der Waals surface area contributed by atoms with E-state index < -0.39 is 0 Å². The number of nitrogens with one attached hydrogen (secondary N) is 1. The topological polar surface area (TPSA) is 12.0 Å². The van der Waals surface area contributed by atoms with Crippen LogP contribution in [0.5, 0.6) is 0 Å². The molecule has 0 amide bonds. The molecule has 1 nitrogen and oxygen atoms in total. The average molecular weight is 338 g/mol. The largest absolute Gasteiger partial charge is 0.306 e. The van der Waals surface area contributed by atoms with Gasteiger partial charge in [0.25, 0.3) is 0 Å². The van der Waals surface area contributed by atoms with E-state index in [1.807, 2.05) is 11.3 Å². The normalized spacial score (nSPS) is 12.7. The molecule has 2 rings (SSSR count). The predicted molar refractivity (Wildman–Crippen MR) is 88.2 cm³/mol. The van der Waals surface area contributed by atoms with Crippen LogP contribution in [0.15, 0.2) is 28.7 Å². The first-order valence-corrected chi connectivity index (χ1v) is 8.20. The summed E-state index contributed by atoms with van der Waals surface area (Å²) in [7, 11) is 0. The van der Waals surface area contributed by atoms with E-state index in [-0.39, 0.29) is 6.04 Å². The van der Waals surface area contributed by atoms with Gasteiger partial charge in [-0.1, -0.05) is 35.0 Å². The zero-order valence-electron chi connectivity index (χ0n) is 11.9. The lowest BCUT2D eigenvalue weighted by molar-refractivity contribution is 0.635. The minimum atomic E-state index is 0.277. The predicted octanol–water partition coefficient (Wildman–Crippen LogP) is 5.13. The van der Waals surface area contributed by atoms with E-state index in [9.17, 15) is 0 Å². The van der Waals surface area contributed by atoms with Crippen LogP contribution in [-0.4, -0.2) is 6.54 Å². The van der Waals surface area contributed by atoms with Crippen molar-refractivity contribution in [3.63, 3.8) is 0 Å². The van der Waals surface area contributed by atoms with Gasteiger partial charge < -0.3 is 5.32 Å². The molecule has 1 heterocycles. The standard InChI is InChI=1S/C16H20BrNS/c1-5-18-15(16-11(3)9-12(4)19-16)13-7-6-10(2)8-14(13)17/h6-9,15,18H,5H2,1-4H3. The van der Waals surface area contributed by atoms with Crippen LogP contribution in [0.3, 0.4) is 0 Å². The van der Waals surface area contributed by atoms with Gasteiger partial charge in [-0.25, -0.2) is 0 Å². The highest BCUT2D eigenvalue weighted by Crippen LogP contribution is 2.35. The molecule has 0 aliphatic heterocycles. The lowest BCUT2D eigenvalue weighted by Gasteiger charge is -2.20. The lowest BCUT2D eigenvalue weighted by atomic mass is 10.0. The molecular formula is C16H20BrNS. The average Bonchev–Trinajstić information content (AvgIpc) is 2.66. The summed E-state index contributed by atoms with van der Waals surface area (Å²) in [5.74, 6) is 0. The second-order valence-corrected chi connectivity index (χ2v) is 7.06. The highest BCUT2D eigenvalue weighted by atomic mass is 79.9. The van der Waals surface area contributed by atoms with Gasteiger partial charge >= 0.3 is 0 Å². The van der Waals surface area contributed by atoms with Gasteiger partial charge in [-0.3, -0.25) is 0 Å². The Hall–Kier alpha value is -0.640. The highest BCUT2D eigenvalue weighted by Gasteiger charge is 2.19. The zero-order chi connectivity index (χ0) is 14.0. The van der Waals surface area contributed by atoms with Gasteiger partial charge in [0.1, 0.15) is 0 Å². The van der Waals surface area contributed by atoms with Crippen LogP contribution in [0.4, 0.5) is 0 Å². The number of hydrogen-bond donors (Lipinski definition) is 1. The Balaban J connectivity index is 2.48. The SMILES string of the molecule is CCNC(c1ccc(C)cc1Br)c1sc(C)cc1C. The molecule has 0 aliphatic rings. The van der Waals surface area contributed by atoms with Gasteiger partial charge in [0.05, 0.1) is 6.04 Å². The third-order valence-electron chi connectivity index (χ3n) is 3.22. The van der Waals surface area contributed by atoms with Crippen LogP contribution in [-0.2, 0) is 0 Å². The summed E-state index contributed by atoms with van der Waals surface area (Å²) < 4.78 is 1.18. The molecule has 1 atom stereocenters. The van der Waals surface area contributed by atoms with Crippen molar-refractivity contribution in [1.82, 2.24) is 5.32 Å². The van der Waals surface area contributed by atoms with Gasteiger partial charge in [-0.2, -0.15) is 0 Å². The van der Waals surface area contributed by atoms with Gasteiger partial charge in [0.15, 0.2) is 0 Å². The summed E-state index contributed by atoms with van der Waals surface area (Å²) in [5, 5.41) is 3.61. The second-order valence-electron chi connectivity index (χ2n) is 4.92. The van der Waals surface area contributed by atoms with Crippen molar-refractivity contribution in [1.29, 1.82) is 0 Å². The van der Waals surface area contributed by atoms with Crippen LogP contribution in [0, 0.1) is 20.8 Å². The molecule has 0 aliphatic carbocycles. The van der Waals surface area contributed by atoms with Crippen molar-refractivity contribution >= 4 is 27.3 Å². The maximum atomic E-state index is 3.71. The van der Waals surface area contributed by atoms with Crippen LogP contribution in [0.1, 0.15) is 39.4 Å². The molecule has 0 saturated carbocycles. The summed E-state index contributed by atoms with van der Waals surface area (Å²) in [5.41, 5.74) is 3.98. The maximum Gasteiger partial charge on any atom is 0.0684 e. The lowest BCUT2D eigenvalue weighted by Crippen LogP contribution is -2.22. The first-order chi connectivity index (χ1) is 9.02. The number of hydrogen-bond acceptors (Lipinski definition) is 2. The molecule has 1 unspecified atom stereocenters. The molecule has 102 valence electrons. The Kier molecular flexibility index (Phi) is 4.82. The maximum absolute atomic E-state index is 3.71. The Bertz CT molecular complexity index is 574. The molecule has 3 heteroatoms. The molecule has 19 heavy (non-hydrogen) atoms. The number of benzene rings is 1. The third kappa shape index (κ3) is 3.28. The molecule has 1 aromatic carbocycles. The van der Waals surface area contributed by atoms with Gasteiger partial charge in [0.2, 0.25) is 0 Å². The molecule has 0 radical (unpaired) electrons. The third-order valence-corrected chi connectivity index (χ3v) is 5.12. The summed E-state index contributed by atoms with van der Waals surface area (Å²) in [6.07, 6.45) is 0. The molecule has 1 aromatic heterocycles. The minimum Gasteiger partial charge on any atom is -0.306 e. The fourth-order valence-corrected chi connectivity index (χ4v) is 4.21. The smallest absolute Gasteiger partial charge is 0.0684 e. The van der Waals surface area contributed by atoms with Crippen LogP contribution >= 0.6 is 27.3 Å². The van der Waals surface area contributed by atoms with Gasteiger partial charge in [-0.05, 0) is 56.1 Å². The van der Waals surface area contributed by atoms with E-state index in [4.69, 9.17) is 0 Å². The Morgan fingerprint density at radius 2 is 1.95 bits per heavy atom. The van der Waals surface area contributed by atoms with Crippen molar-refractivity contribution < 1.29 is 0 Å². The van der Waals surface area contributed by atoms with Crippen molar-refractivity contribution in [3.05, 3.63) is 55.2 Å². The van der Waals surface area contributed by atoms with E-state index in [2.05, 4.69) is 73.2 Å². The quantitative estimate of drug-likeness (QED) is 0.814. The van der Waals surface area contributed by atoms with Gasteiger partial charge in [0, 0.05) is 14.2 Å². The number of aryl methyl sites for hydroxylation is 3. The first-order valence-electron chi connectivity index (χ1n) is 6.59. The van der Waals surface area contributed by atoms with Gasteiger partial charge in [-0.15, -0.1) is 11.3 Å². The van der Waals surface area contributed by atoms with E-state index in [0.717, 1.165) is 6.54 Å². The van der Waals surface area contributed by atoms with Crippen molar-refractivity contribution in [3.8, 4) is 0 Å². The van der Waals surface area contributed by atoms with Crippen LogP contribution in [0.25, 0.3) is 0 Å². The van der Waals surface area contributed by atoms with Crippen molar-refractivity contribution in [2.24, 2.45) is 0 Å². The van der Waals surface area contributed by atoms with E-state index in [0.29, 0.717) is 0 Å². The molecule has 0 saturated heterocycles. The molecule has 2 aromatic rings. The van der Waals surface area contributed by atoms with E-state index in [1.165, 1.54) is 30.9 Å². The first kappa shape index (κ1) is 14.8. The van der Waals surface area contributed by atoms with Crippen molar-refractivity contribution in [2.75, 3.05) is 6.54 Å². The molecular weight excluding hydrogens is 318 g/mol. The second kappa shape index (κ2) is 6.21. The monoisotopic (exact) mass is 337 g/mol. The molecule has 0 bridgehead atoms. The highest BCUT2D eigenvalue weighted by molar-refractivity contribution is 9.10. The number of rotatable bonds is 4. The van der Waals surface area contributed by atoms with E-state index >= 15 is 0 Å². The summed E-state index contributed by atoms with van der Waals surface area (Å²) >= 11 is 5.60. The van der Waals surface area contributed by atoms with Crippen LogP contribution in [0.2, 0.25) is 0 Å². The summed E-state index contributed by atoms with van der Waals surface area (Å²) in [6, 6.07) is 9.14. The fourth-order valence-electron chi connectivity index (χ4n) is 2.36. The minimum absolute atomic E-state index is 0.277.